The van der Waals surface area contributed by atoms with Crippen LogP contribution in [0.1, 0.15) is 0 Å². The maximum Gasteiger partial charge on any atom is 0.214 e. The Bertz CT molecular complexity index is 405. The van der Waals surface area contributed by atoms with E-state index in [0.29, 0.717) is 0 Å². The third-order valence-corrected chi connectivity index (χ3v) is 1.88. The molecule has 0 radical (unpaired) electrons. The molecule has 15 heavy (non-hydrogen) atoms. The summed E-state index contributed by atoms with van der Waals surface area (Å²) in [5, 5.41) is 37.1. The summed E-state index contributed by atoms with van der Waals surface area (Å²) in [4.78, 5) is 0. The summed E-state index contributed by atoms with van der Waals surface area (Å²) in [5.74, 6) is -1.06. The molecule has 0 aliphatic carbocycles. The first-order chi connectivity index (χ1) is 7.09. The molecular formula is C8H9N3O4. The molecule has 0 saturated carbocycles. The molecule has 80 valence electrons. The van der Waals surface area contributed by atoms with Gasteiger partial charge in [0.1, 0.15) is 0 Å². The molecule has 0 bridgehead atoms. The first-order valence-electron chi connectivity index (χ1n) is 4.06. The van der Waals surface area contributed by atoms with Crippen LogP contribution >= 0.6 is 0 Å². The second kappa shape index (κ2) is 3.05. The SMILES string of the molecule is Oc1ccc(O)n1Nn1c(O)ccc1O. The van der Waals surface area contributed by atoms with E-state index in [0.717, 1.165) is 9.35 Å². The van der Waals surface area contributed by atoms with E-state index in [2.05, 4.69) is 5.53 Å². The molecule has 0 aliphatic heterocycles. The number of aromatic nitrogens is 2. The third-order valence-electron chi connectivity index (χ3n) is 1.88. The van der Waals surface area contributed by atoms with Crippen LogP contribution in [0.15, 0.2) is 24.3 Å². The zero-order valence-electron chi connectivity index (χ0n) is 7.49. The highest BCUT2D eigenvalue weighted by Gasteiger charge is 2.10. The predicted molar refractivity (Wildman–Crippen MR) is 50.3 cm³/mol. The Labute approximate surface area is 84.0 Å². The van der Waals surface area contributed by atoms with Crippen LogP contribution in [0.4, 0.5) is 0 Å². The molecule has 2 rings (SSSR count). The van der Waals surface area contributed by atoms with Gasteiger partial charge in [-0.05, 0) is 0 Å². The van der Waals surface area contributed by atoms with Gasteiger partial charge in [-0.3, -0.25) is 0 Å². The number of hydrogen-bond acceptors (Lipinski definition) is 5. The van der Waals surface area contributed by atoms with Gasteiger partial charge in [0.05, 0.1) is 0 Å². The van der Waals surface area contributed by atoms with E-state index in [9.17, 15) is 20.4 Å². The van der Waals surface area contributed by atoms with Crippen molar-refractivity contribution < 1.29 is 20.4 Å². The number of aromatic hydroxyl groups is 4. The van der Waals surface area contributed by atoms with E-state index in [1.54, 1.807) is 0 Å². The second-order valence-electron chi connectivity index (χ2n) is 2.87. The average molecular weight is 211 g/mol. The number of hydrogen-bond donors (Lipinski definition) is 5. The van der Waals surface area contributed by atoms with Crippen LogP contribution in [0, 0.1) is 0 Å². The molecule has 0 aromatic carbocycles. The maximum atomic E-state index is 9.28. The average Bonchev–Trinajstić information content (AvgIpc) is 2.67. The number of rotatable bonds is 2. The van der Waals surface area contributed by atoms with E-state index in [-0.39, 0.29) is 23.5 Å². The van der Waals surface area contributed by atoms with E-state index < -0.39 is 0 Å². The number of nitrogens with one attached hydrogen (secondary N) is 1. The Morgan fingerprint density at radius 2 is 0.933 bits per heavy atom. The normalized spacial score (nSPS) is 10.4. The summed E-state index contributed by atoms with van der Waals surface area (Å²) in [6.45, 7) is 0. The second-order valence-corrected chi connectivity index (χ2v) is 2.87. The predicted octanol–water partition coefficient (Wildman–Crippen LogP) is 0.119. The molecule has 2 heterocycles. The van der Waals surface area contributed by atoms with Gasteiger partial charge in [-0.25, -0.2) is 5.53 Å². The molecule has 7 heteroatoms. The Balaban J connectivity index is 2.37. The standard InChI is InChI=1S/C8H9N3O4/c12-5-1-2-6(13)10(5)9-11-7(14)3-4-8(11)15/h1-4,9,12-15H. The summed E-state index contributed by atoms with van der Waals surface area (Å²) in [7, 11) is 0. The molecule has 2 aromatic rings. The van der Waals surface area contributed by atoms with Gasteiger partial charge in [-0.2, -0.15) is 9.35 Å². The van der Waals surface area contributed by atoms with Crippen molar-refractivity contribution in [1.82, 2.24) is 9.35 Å². The van der Waals surface area contributed by atoms with Crippen molar-refractivity contribution in [2.24, 2.45) is 0 Å². The van der Waals surface area contributed by atoms with Gasteiger partial charge in [0.2, 0.25) is 23.5 Å². The van der Waals surface area contributed by atoms with Crippen LogP contribution in [0.5, 0.6) is 23.5 Å². The summed E-state index contributed by atoms with van der Waals surface area (Å²) in [5.41, 5.74) is 2.37. The minimum Gasteiger partial charge on any atom is -0.493 e. The van der Waals surface area contributed by atoms with E-state index in [1.165, 1.54) is 24.3 Å². The molecular weight excluding hydrogens is 202 g/mol. The van der Waals surface area contributed by atoms with Crippen molar-refractivity contribution in [3.63, 3.8) is 0 Å². The van der Waals surface area contributed by atoms with Crippen molar-refractivity contribution >= 4 is 0 Å². The molecule has 2 aromatic heterocycles. The van der Waals surface area contributed by atoms with Crippen LogP contribution in [0.3, 0.4) is 0 Å². The lowest BCUT2D eigenvalue weighted by molar-refractivity contribution is 0.353. The highest BCUT2D eigenvalue weighted by Crippen LogP contribution is 2.23. The highest BCUT2D eigenvalue weighted by atomic mass is 16.3. The summed E-state index contributed by atoms with van der Waals surface area (Å²) < 4.78 is 1.75. The smallest absolute Gasteiger partial charge is 0.214 e. The van der Waals surface area contributed by atoms with Crippen LogP contribution in [0.2, 0.25) is 0 Å². The summed E-state index contributed by atoms with van der Waals surface area (Å²) in [6, 6.07) is 5.00. The molecule has 0 aliphatic rings. The van der Waals surface area contributed by atoms with Crippen molar-refractivity contribution in [3.05, 3.63) is 24.3 Å². The molecule has 0 spiro atoms. The fourth-order valence-corrected chi connectivity index (χ4v) is 1.14. The fraction of sp³-hybridized carbons (Fsp3) is 0. The van der Waals surface area contributed by atoms with Crippen LogP contribution in [-0.4, -0.2) is 29.8 Å². The van der Waals surface area contributed by atoms with E-state index >= 15 is 0 Å². The Morgan fingerprint density at radius 3 is 1.20 bits per heavy atom. The van der Waals surface area contributed by atoms with Crippen LogP contribution in [-0.2, 0) is 0 Å². The molecule has 0 atom stereocenters. The maximum absolute atomic E-state index is 9.28. The monoisotopic (exact) mass is 211 g/mol. The van der Waals surface area contributed by atoms with Gasteiger partial charge in [0.15, 0.2) is 0 Å². The Morgan fingerprint density at radius 1 is 0.667 bits per heavy atom. The Hall–Kier alpha value is -2.44. The zero-order chi connectivity index (χ0) is 11.0. The first kappa shape index (κ1) is 9.13. The van der Waals surface area contributed by atoms with Crippen molar-refractivity contribution in [1.29, 1.82) is 0 Å². The first-order valence-corrected chi connectivity index (χ1v) is 4.06. The quantitative estimate of drug-likeness (QED) is 0.485. The third kappa shape index (κ3) is 1.39. The summed E-state index contributed by atoms with van der Waals surface area (Å²) in [6.07, 6.45) is 0. The van der Waals surface area contributed by atoms with Gasteiger partial charge < -0.3 is 20.4 Å². The summed E-state index contributed by atoms with van der Waals surface area (Å²) >= 11 is 0. The van der Waals surface area contributed by atoms with Gasteiger partial charge >= 0.3 is 0 Å². The molecule has 0 saturated heterocycles. The zero-order valence-corrected chi connectivity index (χ0v) is 7.49. The molecule has 0 amide bonds. The molecule has 5 N–H and O–H groups in total. The van der Waals surface area contributed by atoms with Crippen molar-refractivity contribution in [3.8, 4) is 23.5 Å². The number of nitrogens with zero attached hydrogens (tertiary/aromatic N) is 2. The lowest BCUT2D eigenvalue weighted by Gasteiger charge is -2.12. The van der Waals surface area contributed by atoms with Crippen molar-refractivity contribution in [2.75, 3.05) is 5.53 Å². The lowest BCUT2D eigenvalue weighted by Crippen LogP contribution is -2.19. The molecule has 0 unspecified atom stereocenters. The van der Waals surface area contributed by atoms with Crippen LogP contribution < -0.4 is 5.53 Å². The molecule has 7 nitrogen and oxygen atoms in total. The minimum absolute atomic E-state index is 0.264. The Kier molecular flexibility index (Phi) is 1.86. The van der Waals surface area contributed by atoms with Crippen LogP contribution in [0.25, 0.3) is 0 Å². The van der Waals surface area contributed by atoms with Crippen molar-refractivity contribution in [2.45, 2.75) is 0 Å². The van der Waals surface area contributed by atoms with Gasteiger partial charge in [0, 0.05) is 24.3 Å². The fourth-order valence-electron chi connectivity index (χ4n) is 1.14. The largest absolute Gasteiger partial charge is 0.493 e. The van der Waals surface area contributed by atoms with Gasteiger partial charge in [-0.1, -0.05) is 0 Å². The van der Waals surface area contributed by atoms with Gasteiger partial charge in [0.25, 0.3) is 0 Å². The van der Waals surface area contributed by atoms with Gasteiger partial charge in [-0.15, -0.1) is 0 Å². The topological polar surface area (TPSA) is 103 Å². The molecule has 0 fully saturated rings. The van der Waals surface area contributed by atoms with E-state index in [1.807, 2.05) is 0 Å². The lowest BCUT2D eigenvalue weighted by atomic mass is 10.6. The highest BCUT2D eigenvalue weighted by molar-refractivity contribution is 5.29. The van der Waals surface area contributed by atoms with E-state index in [4.69, 9.17) is 0 Å². The minimum atomic E-state index is -0.264.